The lowest BCUT2D eigenvalue weighted by Crippen LogP contribution is -2.58. The molecule has 28 heavy (non-hydrogen) atoms. The lowest BCUT2D eigenvalue weighted by atomic mass is 9.67. The molecule has 1 saturated heterocycles. The lowest BCUT2D eigenvalue weighted by Gasteiger charge is -2.51. The van der Waals surface area contributed by atoms with Crippen molar-refractivity contribution in [3.05, 3.63) is 41.3 Å². The second-order valence-electron chi connectivity index (χ2n) is 8.16. The Morgan fingerprint density at radius 3 is 2.79 bits per heavy atom. The van der Waals surface area contributed by atoms with E-state index in [1.54, 1.807) is 20.3 Å². The largest absolute Gasteiger partial charge is 0.500 e. The second kappa shape index (κ2) is 5.95. The summed E-state index contributed by atoms with van der Waals surface area (Å²) < 4.78 is 13.1. The maximum Gasteiger partial charge on any atom is 0.182 e. The third kappa shape index (κ3) is 2.12. The molecule has 0 N–H and O–H groups in total. The highest BCUT2D eigenvalue weighted by Crippen LogP contribution is 2.51. The monoisotopic (exact) mass is 380 g/mol. The Bertz CT molecular complexity index is 1050. The zero-order chi connectivity index (χ0) is 19.7. The Labute approximate surface area is 163 Å². The average molecular weight is 380 g/mol. The second-order valence-corrected chi connectivity index (χ2v) is 8.16. The Hall–Kier alpha value is -2.60. The van der Waals surface area contributed by atoms with Gasteiger partial charge >= 0.3 is 0 Å². The highest BCUT2D eigenvalue weighted by Gasteiger charge is 2.53. The van der Waals surface area contributed by atoms with Gasteiger partial charge in [0, 0.05) is 47.2 Å². The summed E-state index contributed by atoms with van der Waals surface area (Å²) in [5, 5.41) is 0.976. The van der Waals surface area contributed by atoms with E-state index in [-0.39, 0.29) is 35.5 Å². The van der Waals surface area contributed by atoms with Crippen molar-refractivity contribution >= 4 is 22.5 Å². The SMILES string of the molecule is COc1ccc2c3c(n(C)c2c1)[C@@H]1C[C@H]2C(C(C)=O)=COC[C@H]2[C@H](C3=O)N1C. The van der Waals surface area contributed by atoms with E-state index >= 15 is 0 Å². The Kier molecular flexibility index (Phi) is 3.72. The van der Waals surface area contributed by atoms with Crippen LogP contribution in [-0.4, -0.2) is 47.8 Å². The molecule has 2 aromatic rings. The molecule has 4 atom stereocenters. The van der Waals surface area contributed by atoms with E-state index in [9.17, 15) is 9.59 Å². The van der Waals surface area contributed by atoms with Crippen LogP contribution in [0.25, 0.3) is 10.9 Å². The van der Waals surface area contributed by atoms with E-state index in [0.717, 1.165) is 39.9 Å². The number of ketones is 2. The van der Waals surface area contributed by atoms with Crippen molar-refractivity contribution in [3.63, 3.8) is 0 Å². The average Bonchev–Trinajstić information content (AvgIpc) is 2.97. The maximum atomic E-state index is 13.7. The first-order chi connectivity index (χ1) is 13.4. The third-order valence-corrected chi connectivity index (χ3v) is 6.92. The van der Waals surface area contributed by atoms with Gasteiger partial charge in [0.1, 0.15) is 5.75 Å². The van der Waals surface area contributed by atoms with Crippen LogP contribution in [0.2, 0.25) is 0 Å². The van der Waals surface area contributed by atoms with Gasteiger partial charge in [0.15, 0.2) is 11.6 Å². The minimum atomic E-state index is -0.271. The Morgan fingerprint density at radius 1 is 1.29 bits per heavy atom. The van der Waals surface area contributed by atoms with Crippen molar-refractivity contribution in [3.8, 4) is 5.75 Å². The van der Waals surface area contributed by atoms with Gasteiger partial charge in [0.2, 0.25) is 0 Å². The number of fused-ring (bicyclic) bond motifs is 8. The molecular weight excluding hydrogens is 356 g/mol. The number of rotatable bonds is 2. The lowest BCUT2D eigenvalue weighted by molar-refractivity contribution is -0.116. The van der Waals surface area contributed by atoms with Crippen molar-refractivity contribution in [1.82, 2.24) is 9.47 Å². The minimum absolute atomic E-state index is 0.000644. The van der Waals surface area contributed by atoms with Crippen LogP contribution in [0.4, 0.5) is 0 Å². The summed E-state index contributed by atoms with van der Waals surface area (Å²) >= 11 is 0. The summed E-state index contributed by atoms with van der Waals surface area (Å²) in [6, 6.07) is 5.70. The molecule has 6 heteroatoms. The van der Waals surface area contributed by atoms with Gasteiger partial charge in [0.05, 0.1) is 37.6 Å². The fourth-order valence-electron chi connectivity index (χ4n) is 5.59. The van der Waals surface area contributed by atoms with Crippen LogP contribution in [0, 0.1) is 11.8 Å². The molecule has 1 aromatic heterocycles. The number of hydrogen-bond donors (Lipinski definition) is 0. The van der Waals surface area contributed by atoms with E-state index in [0.29, 0.717) is 6.61 Å². The number of likely N-dealkylation sites (N-methyl/N-ethyl adjacent to an activating group) is 1. The first-order valence-corrected chi connectivity index (χ1v) is 9.69. The number of benzene rings is 1. The molecule has 0 aliphatic carbocycles. The van der Waals surface area contributed by atoms with Crippen molar-refractivity contribution in [2.45, 2.75) is 25.4 Å². The zero-order valence-electron chi connectivity index (χ0n) is 16.6. The first-order valence-electron chi connectivity index (χ1n) is 9.69. The molecule has 3 aliphatic rings. The molecule has 4 heterocycles. The van der Waals surface area contributed by atoms with Crippen molar-refractivity contribution in [2.24, 2.45) is 18.9 Å². The fraction of sp³-hybridized carbons (Fsp3) is 0.455. The molecule has 0 spiro atoms. The van der Waals surface area contributed by atoms with E-state index in [4.69, 9.17) is 9.47 Å². The molecule has 0 radical (unpaired) electrons. The van der Waals surface area contributed by atoms with Gasteiger partial charge in [-0.3, -0.25) is 14.5 Å². The Morgan fingerprint density at radius 2 is 2.07 bits per heavy atom. The summed E-state index contributed by atoms with van der Waals surface area (Å²) in [4.78, 5) is 28.1. The minimum Gasteiger partial charge on any atom is -0.500 e. The summed E-state index contributed by atoms with van der Waals surface area (Å²) in [5.74, 6) is 0.999. The predicted octanol–water partition coefficient (Wildman–Crippen LogP) is 2.86. The zero-order valence-corrected chi connectivity index (χ0v) is 16.6. The highest BCUT2D eigenvalue weighted by molar-refractivity contribution is 6.13. The number of carbonyl (C=O) groups excluding carboxylic acids is 2. The quantitative estimate of drug-likeness (QED) is 0.802. The predicted molar refractivity (Wildman–Crippen MR) is 104 cm³/mol. The van der Waals surface area contributed by atoms with E-state index in [2.05, 4.69) is 9.47 Å². The van der Waals surface area contributed by atoms with E-state index in [1.165, 1.54) is 0 Å². The van der Waals surface area contributed by atoms with Crippen LogP contribution in [0.5, 0.6) is 5.75 Å². The molecule has 0 saturated carbocycles. The van der Waals surface area contributed by atoms with Crippen LogP contribution in [-0.2, 0) is 16.6 Å². The molecular formula is C22H24N2O4. The number of aryl methyl sites for hydroxylation is 1. The standard InChI is InChI=1S/C22H24N2O4/c1-11(25)15-9-28-10-16-14(15)8-18-21-19(22(26)20(16)24(18)3)13-6-5-12(27-4)7-17(13)23(21)2/h5-7,9,14,16,18,20H,8,10H2,1-4H3/t14-,16+,18-,20+/m0/s1. The smallest absolute Gasteiger partial charge is 0.182 e. The molecule has 146 valence electrons. The number of hydrogen-bond acceptors (Lipinski definition) is 5. The highest BCUT2D eigenvalue weighted by atomic mass is 16.5. The van der Waals surface area contributed by atoms with E-state index < -0.39 is 0 Å². The summed E-state index contributed by atoms with van der Waals surface area (Å²) in [5.41, 5.74) is 3.58. The third-order valence-electron chi connectivity index (χ3n) is 6.92. The van der Waals surface area contributed by atoms with Crippen LogP contribution in [0.3, 0.4) is 0 Å². The molecule has 5 rings (SSSR count). The number of carbonyl (C=O) groups is 2. The number of ether oxygens (including phenoxy) is 2. The van der Waals surface area contributed by atoms with Gasteiger partial charge in [-0.1, -0.05) is 0 Å². The maximum absolute atomic E-state index is 13.7. The molecule has 1 fully saturated rings. The van der Waals surface area contributed by atoms with Crippen molar-refractivity contribution in [1.29, 1.82) is 0 Å². The van der Waals surface area contributed by atoms with Crippen molar-refractivity contribution < 1.29 is 19.1 Å². The molecule has 0 amide bonds. The number of allylic oxidation sites excluding steroid dienone is 1. The van der Waals surface area contributed by atoms with Gasteiger partial charge in [-0.05, 0) is 32.5 Å². The number of methoxy groups -OCH3 is 1. The molecule has 1 aromatic carbocycles. The molecule has 2 bridgehead atoms. The van der Waals surface area contributed by atoms with Gasteiger partial charge < -0.3 is 14.0 Å². The first kappa shape index (κ1) is 17.5. The topological polar surface area (TPSA) is 60.8 Å². The molecule has 3 aliphatic heterocycles. The van der Waals surface area contributed by atoms with Gasteiger partial charge in [-0.25, -0.2) is 0 Å². The number of piperidine rings is 1. The van der Waals surface area contributed by atoms with Crippen LogP contribution in [0.15, 0.2) is 30.0 Å². The van der Waals surface area contributed by atoms with E-state index in [1.807, 2.05) is 32.3 Å². The molecule has 0 unspecified atom stereocenters. The number of nitrogens with zero attached hydrogens (tertiary/aromatic N) is 2. The van der Waals surface area contributed by atoms with Crippen LogP contribution >= 0.6 is 0 Å². The van der Waals surface area contributed by atoms with Gasteiger partial charge in [-0.15, -0.1) is 0 Å². The van der Waals surface area contributed by atoms with Crippen molar-refractivity contribution in [2.75, 3.05) is 20.8 Å². The van der Waals surface area contributed by atoms with Gasteiger partial charge in [0.25, 0.3) is 0 Å². The van der Waals surface area contributed by atoms with Crippen LogP contribution < -0.4 is 4.74 Å². The summed E-state index contributed by atoms with van der Waals surface area (Å²) in [6.45, 7) is 2.06. The summed E-state index contributed by atoms with van der Waals surface area (Å²) in [7, 11) is 5.69. The summed E-state index contributed by atoms with van der Waals surface area (Å²) in [6.07, 6.45) is 2.43. The number of aromatic nitrogens is 1. The molecule has 6 nitrogen and oxygen atoms in total. The number of Topliss-reactive ketones (excluding diaryl/α,β-unsaturated/α-hetero) is 2. The fourth-order valence-corrected chi connectivity index (χ4v) is 5.59. The van der Waals surface area contributed by atoms with Crippen LogP contribution in [0.1, 0.15) is 35.4 Å². The Balaban J connectivity index is 1.72. The van der Waals surface area contributed by atoms with Gasteiger partial charge in [-0.2, -0.15) is 0 Å². The normalized spacial score (nSPS) is 29.0.